The number of nitrogens with one attached hydrogen (secondary N) is 1. The van der Waals surface area contributed by atoms with Gasteiger partial charge in [0, 0.05) is 6.20 Å². The van der Waals surface area contributed by atoms with Gasteiger partial charge in [0.15, 0.2) is 0 Å². The summed E-state index contributed by atoms with van der Waals surface area (Å²) in [5.74, 6) is -0.811. The summed E-state index contributed by atoms with van der Waals surface area (Å²) in [6.07, 6.45) is 1.61. The van der Waals surface area contributed by atoms with Gasteiger partial charge < -0.3 is 15.5 Å². The lowest BCUT2D eigenvalue weighted by Crippen LogP contribution is -2.13. The fourth-order valence-electron chi connectivity index (χ4n) is 1.48. The monoisotopic (exact) mass is 244 g/mol. The summed E-state index contributed by atoms with van der Waals surface area (Å²) in [4.78, 5) is 15.9. The minimum Gasteiger partial charge on any atom is -0.507 e. The van der Waals surface area contributed by atoms with Crippen LogP contribution >= 0.6 is 0 Å². The first-order chi connectivity index (χ1) is 8.58. The molecule has 0 unspecified atom stereocenters. The third-order valence-electron chi connectivity index (χ3n) is 2.40. The van der Waals surface area contributed by atoms with E-state index in [0.717, 1.165) is 5.56 Å². The first-order valence-corrected chi connectivity index (χ1v) is 5.33. The summed E-state index contributed by atoms with van der Waals surface area (Å²) in [7, 11) is 0. The summed E-state index contributed by atoms with van der Waals surface area (Å²) < 4.78 is 0. The number of rotatable bonds is 2. The Bertz CT molecular complexity index is 559. The molecular formula is C13H12N2O3. The minimum atomic E-state index is -0.609. The molecule has 0 fully saturated rings. The van der Waals surface area contributed by atoms with E-state index >= 15 is 0 Å². The lowest BCUT2D eigenvalue weighted by atomic mass is 10.1. The summed E-state index contributed by atoms with van der Waals surface area (Å²) >= 11 is 0. The van der Waals surface area contributed by atoms with Crippen molar-refractivity contribution in [2.75, 3.05) is 5.32 Å². The van der Waals surface area contributed by atoms with E-state index in [1.54, 1.807) is 18.3 Å². The number of pyridine rings is 1. The molecule has 5 heteroatoms. The van der Waals surface area contributed by atoms with Crippen LogP contribution in [0.5, 0.6) is 11.5 Å². The van der Waals surface area contributed by atoms with E-state index in [0.29, 0.717) is 5.82 Å². The molecule has 0 aliphatic rings. The van der Waals surface area contributed by atoms with Crippen LogP contribution in [0.4, 0.5) is 5.82 Å². The van der Waals surface area contributed by atoms with E-state index in [9.17, 15) is 15.0 Å². The molecule has 0 aliphatic heterocycles. The van der Waals surface area contributed by atoms with Crippen molar-refractivity contribution < 1.29 is 15.0 Å². The molecule has 3 N–H and O–H groups in total. The van der Waals surface area contributed by atoms with Crippen molar-refractivity contribution in [2.24, 2.45) is 0 Å². The molecule has 0 bridgehead atoms. The van der Waals surface area contributed by atoms with Crippen LogP contribution in [0.2, 0.25) is 0 Å². The van der Waals surface area contributed by atoms with E-state index in [1.165, 1.54) is 18.2 Å². The Balaban J connectivity index is 2.25. The predicted molar refractivity (Wildman–Crippen MR) is 66.7 cm³/mol. The highest BCUT2D eigenvalue weighted by molar-refractivity contribution is 6.07. The second kappa shape index (κ2) is 4.75. The van der Waals surface area contributed by atoms with Crippen LogP contribution in [0.3, 0.4) is 0 Å². The molecule has 0 radical (unpaired) electrons. The van der Waals surface area contributed by atoms with Gasteiger partial charge in [0.25, 0.3) is 5.91 Å². The molecular weight excluding hydrogens is 232 g/mol. The first-order valence-electron chi connectivity index (χ1n) is 5.33. The average molecular weight is 244 g/mol. The zero-order valence-electron chi connectivity index (χ0n) is 9.71. The number of nitrogens with zero attached hydrogens (tertiary/aromatic N) is 1. The van der Waals surface area contributed by atoms with E-state index in [4.69, 9.17) is 0 Å². The average Bonchev–Trinajstić information content (AvgIpc) is 2.32. The maximum absolute atomic E-state index is 11.9. The lowest BCUT2D eigenvalue weighted by molar-refractivity contribution is 0.102. The van der Waals surface area contributed by atoms with Crippen molar-refractivity contribution >= 4 is 11.7 Å². The van der Waals surface area contributed by atoms with Crippen molar-refractivity contribution in [1.29, 1.82) is 0 Å². The highest BCUT2D eigenvalue weighted by Gasteiger charge is 2.16. The van der Waals surface area contributed by atoms with Crippen molar-refractivity contribution in [3.8, 4) is 11.5 Å². The van der Waals surface area contributed by atoms with E-state index in [1.807, 2.05) is 6.92 Å². The fourth-order valence-corrected chi connectivity index (χ4v) is 1.48. The van der Waals surface area contributed by atoms with E-state index in [-0.39, 0.29) is 17.1 Å². The van der Waals surface area contributed by atoms with Gasteiger partial charge in [-0.15, -0.1) is 0 Å². The number of carbonyl (C=O) groups is 1. The number of hydrogen-bond acceptors (Lipinski definition) is 4. The van der Waals surface area contributed by atoms with Gasteiger partial charge in [-0.05, 0) is 30.7 Å². The third-order valence-corrected chi connectivity index (χ3v) is 2.40. The smallest absolute Gasteiger partial charge is 0.264 e. The van der Waals surface area contributed by atoms with Crippen LogP contribution in [0.15, 0.2) is 36.5 Å². The van der Waals surface area contributed by atoms with Crippen LogP contribution in [-0.4, -0.2) is 21.1 Å². The number of phenols is 2. The number of hydrogen-bond donors (Lipinski definition) is 3. The number of aromatic nitrogens is 1. The molecule has 2 aromatic rings. The Morgan fingerprint density at radius 3 is 2.39 bits per heavy atom. The molecule has 0 aliphatic carbocycles. The van der Waals surface area contributed by atoms with E-state index in [2.05, 4.69) is 10.3 Å². The fraction of sp³-hybridized carbons (Fsp3) is 0.0769. The molecule has 0 atom stereocenters. The standard InChI is InChI=1S/C13H12N2O3/c1-8-5-6-11(14-7-8)15-13(18)12-9(16)3-2-4-10(12)17/h2-7,16-17H,1H3,(H,14,15,18). The number of benzene rings is 1. The Morgan fingerprint density at radius 2 is 1.83 bits per heavy atom. The van der Waals surface area contributed by atoms with Crippen molar-refractivity contribution in [3.05, 3.63) is 47.7 Å². The van der Waals surface area contributed by atoms with Gasteiger partial charge in [0.05, 0.1) is 0 Å². The van der Waals surface area contributed by atoms with Gasteiger partial charge >= 0.3 is 0 Å². The zero-order valence-corrected chi connectivity index (χ0v) is 9.71. The topological polar surface area (TPSA) is 82.5 Å². The van der Waals surface area contributed by atoms with Crippen LogP contribution in [0.25, 0.3) is 0 Å². The molecule has 1 amide bonds. The molecule has 0 spiro atoms. The largest absolute Gasteiger partial charge is 0.507 e. The SMILES string of the molecule is Cc1ccc(NC(=O)c2c(O)cccc2O)nc1. The van der Waals surface area contributed by atoms with Crippen molar-refractivity contribution in [2.45, 2.75) is 6.92 Å². The van der Waals surface area contributed by atoms with Gasteiger partial charge in [-0.3, -0.25) is 4.79 Å². The van der Waals surface area contributed by atoms with Crippen molar-refractivity contribution in [1.82, 2.24) is 4.98 Å². The van der Waals surface area contributed by atoms with Gasteiger partial charge in [0.2, 0.25) is 0 Å². The second-order valence-electron chi connectivity index (χ2n) is 3.85. The number of aryl methyl sites for hydroxylation is 1. The van der Waals surface area contributed by atoms with E-state index < -0.39 is 5.91 Å². The Kier molecular flexibility index (Phi) is 3.14. The zero-order chi connectivity index (χ0) is 13.1. The number of amides is 1. The number of aromatic hydroxyl groups is 2. The maximum Gasteiger partial charge on any atom is 0.264 e. The van der Waals surface area contributed by atoms with Crippen LogP contribution in [-0.2, 0) is 0 Å². The molecule has 1 aromatic heterocycles. The number of phenolic OH excluding ortho intramolecular Hbond substituents is 2. The second-order valence-corrected chi connectivity index (χ2v) is 3.85. The third kappa shape index (κ3) is 2.40. The Hall–Kier alpha value is -2.56. The maximum atomic E-state index is 11.9. The summed E-state index contributed by atoms with van der Waals surface area (Å²) in [6.45, 7) is 1.88. The van der Waals surface area contributed by atoms with Gasteiger partial charge in [-0.25, -0.2) is 4.98 Å². The number of carbonyl (C=O) groups excluding carboxylic acids is 1. The molecule has 2 rings (SSSR count). The lowest BCUT2D eigenvalue weighted by Gasteiger charge is -2.07. The number of anilines is 1. The molecule has 1 aromatic carbocycles. The van der Waals surface area contributed by atoms with Crippen molar-refractivity contribution in [3.63, 3.8) is 0 Å². The van der Waals surface area contributed by atoms with Gasteiger partial charge in [0.1, 0.15) is 22.9 Å². The highest BCUT2D eigenvalue weighted by atomic mass is 16.3. The quantitative estimate of drug-likeness (QED) is 0.755. The van der Waals surface area contributed by atoms with Crippen LogP contribution in [0, 0.1) is 6.92 Å². The molecule has 18 heavy (non-hydrogen) atoms. The molecule has 92 valence electrons. The minimum absolute atomic E-state index is 0.167. The van der Waals surface area contributed by atoms with Crippen LogP contribution in [0.1, 0.15) is 15.9 Å². The summed E-state index contributed by atoms with van der Waals surface area (Å²) in [5, 5.41) is 21.6. The van der Waals surface area contributed by atoms with Gasteiger partial charge in [-0.1, -0.05) is 12.1 Å². The molecule has 0 saturated carbocycles. The molecule has 5 nitrogen and oxygen atoms in total. The highest BCUT2D eigenvalue weighted by Crippen LogP contribution is 2.26. The molecule has 1 heterocycles. The Morgan fingerprint density at radius 1 is 1.17 bits per heavy atom. The summed E-state index contributed by atoms with van der Waals surface area (Å²) in [5.41, 5.74) is 0.804. The predicted octanol–water partition coefficient (Wildman–Crippen LogP) is 2.05. The normalized spacial score (nSPS) is 10.1. The summed E-state index contributed by atoms with van der Waals surface area (Å²) in [6, 6.07) is 7.55. The van der Waals surface area contributed by atoms with Gasteiger partial charge in [-0.2, -0.15) is 0 Å². The Labute approximate surface area is 104 Å². The van der Waals surface area contributed by atoms with Crippen LogP contribution < -0.4 is 5.32 Å². The molecule has 0 saturated heterocycles. The first kappa shape index (κ1) is 11.9.